The van der Waals surface area contributed by atoms with Crippen LogP contribution in [-0.4, -0.2) is 12.9 Å². The van der Waals surface area contributed by atoms with E-state index in [1.54, 1.807) is 7.11 Å². The van der Waals surface area contributed by atoms with Crippen molar-refractivity contribution in [1.29, 1.82) is 0 Å². The topological polar surface area (TPSA) is 35.5 Å². The molecule has 0 N–H and O–H groups in total. The molecule has 0 radical (unpaired) electrons. The highest BCUT2D eigenvalue weighted by Gasteiger charge is 2.35. The molecule has 0 unspecified atom stereocenters. The van der Waals surface area contributed by atoms with Gasteiger partial charge < -0.3 is 9.47 Å². The summed E-state index contributed by atoms with van der Waals surface area (Å²) in [6.45, 7) is 0. The molecule has 0 saturated carbocycles. The second-order valence-corrected chi connectivity index (χ2v) is 4.86. The standard InChI is InChI=1S/C17H16O3/c1-19-14-9-7-13(8-10-14)17-15(18)11-16(20-17)12-5-3-2-4-6-12/h2-10,16-17H,11H2,1H3/t16-,17-/m1/s1. The molecule has 20 heavy (non-hydrogen) atoms. The highest BCUT2D eigenvalue weighted by Crippen LogP contribution is 2.38. The highest BCUT2D eigenvalue weighted by atomic mass is 16.5. The minimum atomic E-state index is -0.467. The maximum absolute atomic E-state index is 12.2. The molecular weight excluding hydrogens is 252 g/mol. The van der Waals surface area contributed by atoms with Gasteiger partial charge in [-0.05, 0) is 23.3 Å². The van der Waals surface area contributed by atoms with E-state index in [-0.39, 0.29) is 11.9 Å². The van der Waals surface area contributed by atoms with Crippen LogP contribution in [0.15, 0.2) is 54.6 Å². The van der Waals surface area contributed by atoms with Crippen molar-refractivity contribution in [3.63, 3.8) is 0 Å². The number of ether oxygens (including phenoxy) is 2. The fraction of sp³-hybridized carbons (Fsp3) is 0.235. The molecule has 0 spiro atoms. The summed E-state index contributed by atoms with van der Waals surface area (Å²) in [6, 6.07) is 17.3. The Morgan fingerprint density at radius 3 is 2.35 bits per heavy atom. The van der Waals surface area contributed by atoms with E-state index in [0.717, 1.165) is 16.9 Å². The van der Waals surface area contributed by atoms with Crippen molar-refractivity contribution in [2.45, 2.75) is 18.6 Å². The van der Waals surface area contributed by atoms with Gasteiger partial charge in [0, 0.05) is 6.42 Å². The molecule has 1 fully saturated rings. The summed E-state index contributed by atoms with van der Waals surface area (Å²) in [6.07, 6.45) is -0.178. The van der Waals surface area contributed by atoms with Crippen molar-refractivity contribution >= 4 is 5.78 Å². The van der Waals surface area contributed by atoms with E-state index in [2.05, 4.69) is 0 Å². The van der Waals surface area contributed by atoms with Crippen LogP contribution in [0.5, 0.6) is 5.75 Å². The summed E-state index contributed by atoms with van der Waals surface area (Å²) in [7, 11) is 1.62. The Labute approximate surface area is 118 Å². The predicted molar refractivity (Wildman–Crippen MR) is 75.6 cm³/mol. The SMILES string of the molecule is COc1ccc([C@H]2O[C@@H](c3ccccc3)CC2=O)cc1. The lowest BCUT2D eigenvalue weighted by Gasteiger charge is -2.13. The molecule has 102 valence electrons. The first-order valence-corrected chi connectivity index (χ1v) is 6.65. The summed E-state index contributed by atoms with van der Waals surface area (Å²) in [4.78, 5) is 12.2. The smallest absolute Gasteiger partial charge is 0.169 e. The molecule has 0 aliphatic carbocycles. The maximum atomic E-state index is 12.2. The molecule has 1 aliphatic rings. The summed E-state index contributed by atoms with van der Waals surface area (Å²) in [5, 5.41) is 0. The molecule has 3 nitrogen and oxygen atoms in total. The Hall–Kier alpha value is -2.13. The minimum Gasteiger partial charge on any atom is -0.497 e. The lowest BCUT2D eigenvalue weighted by Crippen LogP contribution is -2.05. The average molecular weight is 268 g/mol. The normalized spacial score (nSPS) is 21.9. The second kappa shape index (κ2) is 5.47. The largest absolute Gasteiger partial charge is 0.497 e. The predicted octanol–water partition coefficient (Wildman–Crippen LogP) is 3.47. The Morgan fingerprint density at radius 2 is 1.70 bits per heavy atom. The summed E-state index contributed by atoms with van der Waals surface area (Å²) in [5.74, 6) is 0.905. The molecule has 2 aromatic carbocycles. The Balaban J connectivity index is 1.80. The molecule has 2 atom stereocenters. The number of benzene rings is 2. The van der Waals surface area contributed by atoms with E-state index >= 15 is 0 Å². The molecule has 3 heteroatoms. The third-order valence-corrected chi connectivity index (χ3v) is 3.57. The van der Waals surface area contributed by atoms with Gasteiger partial charge in [-0.15, -0.1) is 0 Å². The quantitative estimate of drug-likeness (QED) is 0.855. The third kappa shape index (κ3) is 2.45. The van der Waals surface area contributed by atoms with E-state index < -0.39 is 6.10 Å². The number of Topliss-reactive ketones (excluding diaryl/α,β-unsaturated/α-hetero) is 1. The Bertz CT molecular complexity index is 589. The average Bonchev–Trinajstić information content (AvgIpc) is 2.90. The number of rotatable bonds is 3. The second-order valence-electron chi connectivity index (χ2n) is 4.86. The van der Waals surface area contributed by atoms with Crippen molar-refractivity contribution in [3.8, 4) is 5.75 Å². The van der Waals surface area contributed by atoms with Crippen molar-refractivity contribution in [2.24, 2.45) is 0 Å². The maximum Gasteiger partial charge on any atom is 0.169 e. The van der Waals surface area contributed by atoms with Crippen LogP contribution in [0.3, 0.4) is 0 Å². The van der Waals surface area contributed by atoms with Crippen LogP contribution in [0.25, 0.3) is 0 Å². The van der Waals surface area contributed by atoms with E-state index in [9.17, 15) is 4.79 Å². The van der Waals surface area contributed by atoms with Crippen molar-refractivity contribution in [3.05, 3.63) is 65.7 Å². The Kier molecular flexibility index (Phi) is 3.52. The minimum absolute atomic E-state index is 0.129. The first kappa shape index (κ1) is 12.9. The van der Waals surface area contributed by atoms with Crippen LogP contribution in [0, 0.1) is 0 Å². The van der Waals surface area contributed by atoms with Crippen LogP contribution in [0.1, 0.15) is 29.8 Å². The number of ketones is 1. The highest BCUT2D eigenvalue weighted by molar-refractivity contribution is 5.86. The third-order valence-electron chi connectivity index (χ3n) is 3.57. The van der Waals surface area contributed by atoms with E-state index in [1.807, 2.05) is 54.6 Å². The molecule has 1 heterocycles. The Morgan fingerprint density at radius 1 is 1.00 bits per heavy atom. The lowest BCUT2D eigenvalue weighted by atomic mass is 10.0. The molecule has 2 aromatic rings. The fourth-order valence-corrected chi connectivity index (χ4v) is 2.49. The van der Waals surface area contributed by atoms with Crippen molar-refractivity contribution < 1.29 is 14.3 Å². The molecule has 0 amide bonds. The van der Waals surface area contributed by atoms with Crippen molar-refractivity contribution in [2.75, 3.05) is 7.11 Å². The van der Waals surface area contributed by atoms with Gasteiger partial charge in [-0.25, -0.2) is 0 Å². The molecule has 0 bridgehead atoms. The van der Waals surface area contributed by atoms with Gasteiger partial charge in [0.05, 0.1) is 13.2 Å². The number of hydrogen-bond donors (Lipinski definition) is 0. The zero-order chi connectivity index (χ0) is 13.9. The van der Waals surface area contributed by atoms with Gasteiger partial charge in [-0.3, -0.25) is 4.79 Å². The monoisotopic (exact) mass is 268 g/mol. The zero-order valence-corrected chi connectivity index (χ0v) is 11.3. The molecular formula is C17H16O3. The van der Waals surface area contributed by atoms with Gasteiger partial charge in [-0.2, -0.15) is 0 Å². The van der Waals surface area contributed by atoms with Crippen LogP contribution in [0.2, 0.25) is 0 Å². The van der Waals surface area contributed by atoms with Gasteiger partial charge in [0.25, 0.3) is 0 Å². The summed E-state index contributed by atoms with van der Waals surface area (Å²) in [5.41, 5.74) is 1.94. The van der Waals surface area contributed by atoms with Crippen molar-refractivity contribution in [1.82, 2.24) is 0 Å². The molecule has 0 aromatic heterocycles. The molecule has 3 rings (SSSR count). The summed E-state index contributed by atoms with van der Waals surface area (Å²) < 4.78 is 11.1. The van der Waals surface area contributed by atoms with Crippen LogP contribution in [0.4, 0.5) is 0 Å². The number of hydrogen-bond acceptors (Lipinski definition) is 3. The van der Waals surface area contributed by atoms with Crippen LogP contribution < -0.4 is 4.74 Å². The van der Waals surface area contributed by atoms with Gasteiger partial charge in [0.2, 0.25) is 0 Å². The molecule has 1 saturated heterocycles. The van der Waals surface area contributed by atoms with E-state index in [1.165, 1.54) is 0 Å². The number of carbonyl (C=O) groups is 1. The lowest BCUT2D eigenvalue weighted by molar-refractivity contribution is -0.122. The van der Waals surface area contributed by atoms with Crippen LogP contribution >= 0.6 is 0 Å². The first-order chi connectivity index (χ1) is 9.78. The van der Waals surface area contributed by atoms with Crippen LogP contribution in [-0.2, 0) is 9.53 Å². The van der Waals surface area contributed by atoms with Gasteiger partial charge >= 0.3 is 0 Å². The first-order valence-electron chi connectivity index (χ1n) is 6.65. The van der Waals surface area contributed by atoms with E-state index in [4.69, 9.17) is 9.47 Å². The van der Waals surface area contributed by atoms with Gasteiger partial charge in [0.15, 0.2) is 5.78 Å². The van der Waals surface area contributed by atoms with Gasteiger partial charge in [0.1, 0.15) is 11.9 Å². The zero-order valence-electron chi connectivity index (χ0n) is 11.3. The van der Waals surface area contributed by atoms with Gasteiger partial charge in [-0.1, -0.05) is 42.5 Å². The number of carbonyl (C=O) groups excluding carboxylic acids is 1. The molecule has 1 aliphatic heterocycles. The number of methoxy groups -OCH3 is 1. The fourth-order valence-electron chi connectivity index (χ4n) is 2.49. The van der Waals surface area contributed by atoms with E-state index in [0.29, 0.717) is 6.42 Å². The summed E-state index contributed by atoms with van der Waals surface area (Å²) >= 11 is 0.